The molecule has 1 amide bonds. The molecule has 8 heteroatoms. The number of aliphatic hydroxyl groups excluding tert-OH is 1. The zero-order valence-corrected chi connectivity index (χ0v) is 19.1. The number of hydrogen-bond acceptors (Lipinski definition) is 6. The van der Waals surface area contributed by atoms with Crippen molar-refractivity contribution >= 4 is 34.7 Å². The molecule has 3 aromatic rings. The van der Waals surface area contributed by atoms with Crippen molar-refractivity contribution in [2.75, 3.05) is 18.8 Å². The van der Waals surface area contributed by atoms with Crippen LogP contribution in [-0.2, 0) is 9.59 Å². The van der Waals surface area contributed by atoms with Crippen molar-refractivity contribution in [3.05, 3.63) is 87.9 Å². The number of ketones is 1. The van der Waals surface area contributed by atoms with Crippen LogP contribution < -0.4 is 19.1 Å². The third-order valence-electron chi connectivity index (χ3n) is 5.93. The summed E-state index contributed by atoms with van der Waals surface area (Å²) in [7, 11) is 1.53. The number of rotatable bonds is 4. The van der Waals surface area contributed by atoms with Gasteiger partial charge < -0.3 is 19.3 Å². The lowest BCUT2D eigenvalue weighted by molar-refractivity contribution is -0.132. The Labute approximate surface area is 200 Å². The van der Waals surface area contributed by atoms with E-state index in [0.717, 1.165) is 5.56 Å². The first-order valence-electron chi connectivity index (χ1n) is 10.5. The summed E-state index contributed by atoms with van der Waals surface area (Å²) >= 11 is 6.34. The molecule has 0 saturated carbocycles. The van der Waals surface area contributed by atoms with Gasteiger partial charge in [0.2, 0.25) is 6.79 Å². The van der Waals surface area contributed by atoms with Crippen molar-refractivity contribution < 1.29 is 28.9 Å². The fraction of sp³-hybridized carbons (Fsp3) is 0.154. The predicted molar refractivity (Wildman–Crippen MR) is 127 cm³/mol. The number of aliphatic hydroxyl groups is 1. The lowest BCUT2D eigenvalue weighted by Crippen LogP contribution is -2.29. The van der Waals surface area contributed by atoms with Crippen LogP contribution in [0.15, 0.2) is 66.2 Å². The number of amides is 1. The van der Waals surface area contributed by atoms with Crippen LogP contribution in [0.2, 0.25) is 5.02 Å². The Balaban J connectivity index is 1.72. The van der Waals surface area contributed by atoms with Crippen molar-refractivity contribution in [1.82, 2.24) is 0 Å². The fourth-order valence-corrected chi connectivity index (χ4v) is 4.33. The average Bonchev–Trinajstić information content (AvgIpc) is 3.42. The van der Waals surface area contributed by atoms with Crippen LogP contribution >= 0.6 is 11.6 Å². The summed E-state index contributed by atoms with van der Waals surface area (Å²) in [4.78, 5) is 27.9. The highest BCUT2D eigenvalue weighted by Gasteiger charge is 2.47. The molecule has 0 spiro atoms. The second kappa shape index (κ2) is 8.43. The molecule has 2 aliphatic rings. The first-order chi connectivity index (χ1) is 16.4. The van der Waals surface area contributed by atoms with Crippen molar-refractivity contribution in [2.24, 2.45) is 0 Å². The van der Waals surface area contributed by atoms with Crippen molar-refractivity contribution in [1.29, 1.82) is 0 Å². The molecule has 1 saturated heterocycles. The van der Waals surface area contributed by atoms with Gasteiger partial charge in [0.15, 0.2) is 11.5 Å². The van der Waals surface area contributed by atoms with E-state index in [1.54, 1.807) is 60.7 Å². The number of aryl methyl sites for hydroxylation is 1. The van der Waals surface area contributed by atoms with Gasteiger partial charge in [-0.1, -0.05) is 29.8 Å². The number of halogens is 1. The molecule has 0 aromatic heterocycles. The standard InChI is InChI=1S/C26H20ClNO6/c1-14-6-8-17(12-19(14)27)28-23(15-4-3-5-18(10-15)32-2)22(25(30)26(28)31)24(29)16-7-9-20-21(11-16)34-13-33-20/h3-12,23,29H,13H2,1-2H3/b24-22-. The number of hydrogen-bond donors (Lipinski definition) is 1. The van der Waals surface area contributed by atoms with Gasteiger partial charge in [-0.2, -0.15) is 0 Å². The molecule has 1 atom stereocenters. The van der Waals surface area contributed by atoms with E-state index in [1.807, 2.05) is 6.92 Å². The van der Waals surface area contributed by atoms with Gasteiger partial charge in [0.1, 0.15) is 11.5 Å². The molecule has 3 aromatic carbocycles. The molecule has 0 radical (unpaired) electrons. The van der Waals surface area contributed by atoms with Crippen LogP contribution in [0.25, 0.3) is 5.76 Å². The van der Waals surface area contributed by atoms with E-state index in [0.29, 0.717) is 39.1 Å². The summed E-state index contributed by atoms with van der Waals surface area (Å²) in [6.07, 6.45) is 0. The van der Waals surface area contributed by atoms with Crippen LogP contribution in [0.1, 0.15) is 22.7 Å². The van der Waals surface area contributed by atoms with Gasteiger partial charge in [-0.05, 0) is 60.5 Å². The number of methoxy groups -OCH3 is 1. The highest BCUT2D eigenvalue weighted by atomic mass is 35.5. The lowest BCUT2D eigenvalue weighted by atomic mass is 9.94. The van der Waals surface area contributed by atoms with Gasteiger partial charge in [-0.3, -0.25) is 14.5 Å². The minimum absolute atomic E-state index is 0.0474. The largest absolute Gasteiger partial charge is 0.507 e. The third-order valence-corrected chi connectivity index (χ3v) is 6.34. The number of benzene rings is 3. The van der Waals surface area contributed by atoms with Gasteiger partial charge in [0.25, 0.3) is 11.7 Å². The average molecular weight is 478 g/mol. The Morgan fingerprint density at radius 3 is 2.62 bits per heavy atom. The SMILES string of the molecule is COc1cccc(C2/C(=C(/O)c3ccc4c(c3)OCO4)C(=O)C(=O)N2c2ccc(C)c(Cl)c2)c1. The third kappa shape index (κ3) is 3.54. The number of anilines is 1. The Hall–Kier alpha value is -3.97. The molecular weight excluding hydrogens is 458 g/mol. The molecule has 34 heavy (non-hydrogen) atoms. The van der Waals surface area contributed by atoms with E-state index < -0.39 is 17.7 Å². The normalized spacial score (nSPS) is 18.4. The maximum Gasteiger partial charge on any atom is 0.300 e. The van der Waals surface area contributed by atoms with Gasteiger partial charge in [-0.15, -0.1) is 0 Å². The van der Waals surface area contributed by atoms with E-state index in [2.05, 4.69) is 0 Å². The van der Waals surface area contributed by atoms with Crippen LogP contribution in [0.4, 0.5) is 5.69 Å². The van der Waals surface area contributed by atoms with Crippen molar-refractivity contribution in [3.8, 4) is 17.2 Å². The molecule has 172 valence electrons. The summed E-state index contributed by atoms with van der Waals surface area (Å²) in [6.45, 7) is 1.92. The summed E-state index contributed by atoms with van der Waals surface area (Å²) in [5.41, 5.74) is 2.15. The molecule has 1 unspecified atom stereocenters. The van der Waals surface area contributed by atoms with E-state index >= 15 is 0 Å². The molecule has 1 fully saturated rings. The molecule has 2 heterocycles. The zero-order valence-electron chi connectivity index (χ0n) is 18.4. The number of Topliss-reactive ketones (excluding diaryl/α,β-unsaturated/α-hetero) is 1. The number of carbonyl (C=O) groups excluding carboxylic acids is 2. The molecule has 7 nitrogen and oxygen atoms in total. The number of ether oxygens (including phenoxy) is 3. The van der Waals surface area contributed by atoms with Crippen LogP contribution in [-0.4, -0.2) is 30.7 Å². The molecule has 2 aliphatic heterocycles. The number of carbonyl (C=O) groups is 2. The summed E-state index contributed by atoms with van der Waals surface area (Å²) in [5, 5.41) is 11.7. The monoisotopic (exact) mass is 477 g/mol. The summed E-state index contributed by atoms with van der Waals surface area (Å²) in [6, 6.07) is 16.1. The minimum atomic E-state index is -0.903. The first-order valence-corrected chi connectivity index (χ1v) is 10.9. The quantitative estimate of drug-likeness (QED) is 0.323. The Kier molecular flexibility index (Phi) is 5.42. The second-order valence-corrected chi connectivity index (χ2v) is 8.35. The maximum atomic E-state index is 13.3. The molecule has 0 bridgehead atoms. The zero-order chi connectivity index (χ0) is 24.0. The molecule has 0 aliphatic carbocycles. The van der Waals surface area contributed by atoms with E-state index in [4.69, 9.17) is 25.8 Å². The van der Waals surface area contributed by atoms with Crippen LogP contribution in [0.5, 0.6) is 17.2 Å². The topological polar surface area (TPSA) is 85.3 Å². The van der Waals surface area contributed by atoms with Crippen LogP contribution in [0.3, 0.4) is 0 Å². The highest BCUT2D eigenvalue weighted by molar-refractivity contribution is 6.51. The van der Waals surface area contributed by atoms with Gasteiger partial charge in [0, 0.05) is 16.3 Å². The van der Waals surface area contributed by atoms with E-state index in [1.165, 1.54) is 12.0 Å². The maximum absolute atomic E-state index is 13.3. The fourth-order valence-electron chi connectivity index (χ4n) is 4.16. The van der Waals surface area contributed by atoms with E-state index in [-0.39, 0.29) is 18.1 Å². The number of fused-ring (bicyclic) bond motifs is 1. The van der Waals surface area contributed by atoms with Crippen molar-refractivity contribution in [3.63, 3.8) is 0 Å². The van der Waals surface area contributed by atoms with Crippen molar-refractivity contribution in [2.45, 2.75) is 13.0 Å². The second-order valence-electron chi connectivity index (χ2n) is 7.95. The van der Waals surface area contributed by atoms with Gasteiger partial charge >= 0.3 is 0 Å². The molecule has 5 rings (SSSR count). The highest BCUT2D eigenvalue weighted by Crippen LogP contribution is 2.44. The smallest absolute Gasteiger partial charge is 0.300 e. The van der Waals surface area contributed by atoms with E-state index in [9.17, 15) is 14.7 Å². The minimum Gasteiger partial charge on any atom is -0.507 e. The van der Waals surface area contributed by atoms with Crippen LogP contribution in [0, 0.1) is 6.92 Å². The summed E-state index contributed by atoms with van der Waals surface area (Å²) < 4.78 is 16.1. The molecule has 1 N–H and O–H groups in total. The Morgan fingerprint density at radius 2 is 1.85 bits per heavy atom. The first kappa shape index (κ1) is 21.9. The lowest BCUT2D eigenvalue weighted by Gasteiger charge is -2.26. The Bertz CT molecular complexity index is 1370. The molecular formula is C26H20ClNO6. The Morgan fingerprint density at radius 1 is 1.06 bits per heavy atom. The number of nitrogens with zero attached hydrogens (tertiary/aromatic N) is 1. The van der Waals surface area contributed by atoms with Gasteiger partial charge in [-0.25, -0.2) is 0 Å². The summed E-state index contributed by atoms with van der Waals surface area (Å²) in [5.74, 6) is -0.356. The van der Waals surface area contributed by atoms with Gasteiger partial charge in [0.05, 0.1) is 18.7 Å². The predicted octanol–water partition coefficient (Wildman–Crippen LogP) is 5.01.